The van der Waals surface area contributed by atoms with Crippen molar-refractivity contribution in [1.29, 1.82) is 0 Å². The van der Waals surface area contributed by atoms with Crippen LogP contribution in [0.1, 0.15) is 39.5 Å². The van der Waals surface area contributed by atoms with E-state index in [4.69, 9.17) is 5.11 Å². The summed E-state index contributed by atoms with van der Waals surface area (Å²) in [7, 11) is 0. The molecule has 1 N–H and O–H groups in total. The summed E-state index contributed by atoms with van der Waals surface area (Å²) in [5.41, 5.74) is 0. The van der Waals surface area contributed by atoms with Crippen molar-refractivity contribution < 1.29 is 9.90 Å². The molecule has 1 saturated carbocycles. The monoisotopic (exact) mass is 239 g/mol. The third kappa shape index (κ3) is 3.01. The van der Waals surface area contributed by atoms with E-state index in [1.165, 1.54) is 6.42 Å². The first kappa shape index (κ1) is 12.9. The van der Waals surface area contributed by atoms with Gasteiger partial charge in [-0.15, -0.1) is 0 Å². The molecule has 0 aromatic rings. The van der Waals surface area contributed by atoms with Gasteiger partial charge in [-0.25, -0.2) is 0 Å². The summed E-state index contributed by atoms with van der Waals surface area (Å²) in [5.74, 6) is 2.27. The third-order valence-electron chi connectivity index (χ3n) is 4.38. The molecule has 3 atom stereocenters. The lowest BCUT2D eigenvalue weighted by Gasteiger charge is -2.33. The average molecular weight is 239 g/mol. The summed E-state index contributed by atoms with van der Waals surface area (Å²) < 4.78 is 0. The van der Waals surface area contributed by atoms with Gasteiger partial charge < -0.3 is 10.0 Å². The lowest BCUT2D eigenvalue weighted by atomic mass is 9.76. The molecule has 2 aliphatic rings. The van der Waals surface area contributed by atoms with E-state index >= 15 is 0 Å². The second kappa shape index (κ2) is 5.38. The second-order valence-electron chi connectivity index (χ2n) is 6.24. The number of carbonyl (C=O) groups is 1. The molecule has 3 unspecified atom stereocenters. The Labute approximate surface area is 104 Å². The first-order valence-corrected chi connectivity index (χ1v) is 6.99. The number of aliphatic hydroxyl groups excluding tert-OH is 1. The van der Waals surface area contributed by atoms with Crippen molar-refractivity contribution in [3.8, 4) is 0 Å². The maximum absolute atomic E-state index is 12.4. The molecule has 3 nitrogen and oxygen atoms in total. The van der Waals surface area contributed by atoms with Gasteiger partial charge in [0.05, 0.1) is 0 Å². The Morgan fingerprint density at radius 1 is 1.24 bits per heavy atom. The van der Waals surface area contributed by atoms with Gasteiger partial charge in [0, 0.05) is 31.5 Å². The van der Waals surface area contributed by atoms with Crippen LogP contribution in [0, 0.1) is 23.7 Å². The quantitative estimate of drug-likeness (QED) is 0.799. The van der Waals surface area contributed by atoms with Gasteiger partial charge in [-0.3, -0.25) is 4.79 Å². The highest BCUT2D eigenvalue weighted by atomic mass is 16.3. The fourth-order valence-electron chi connectivity index (χ4n) is 3.59. The largest absolute Gasteiger partial charge is 0.396 e. The highest BCUT2D eigenvalue weighted by Gasteiger charge is 2.34. The number of carbonyl (C=O) groups excluding carboxylic acids is 1. The molecule has 0 bridgehead atoms. The van der Waals surface area contributed by atoms with E-state index < -0.39 is 0 Å². The molecule has 3 heteroatoms. The fourth-order valence-corrected chi connectivity index (χ4v) is 3.59. The molecule has 1 aliphatic heterocycles. The Kier molecular flexibility index (Phi) is 4.08. The van der Waals surface area contributed by atoms with Crippen LogP contribution in [0.5, 0.6) is 0 Å². The number of likely N-dealkylation sites (tertiary alicyclic amines) is 1. The van der Waals surface area contributed by atoms with Crippen molar-refractivity contribution in [2.45, 2.75) is 39.5 Å². The zero-order valence-electron chi connectivity index (χ0n) is 11.1. The molecule has 1 heterocycles. The number of hydrogen-bond acceptors (Lipinski definition) is 2. The molecule has 2 rings (SSSR count). The van der Waals surface area contributed by atoms with Crippen LogP contribution in [0.15, 0.2) is 0 Å². The number of amides is 1. The summed E-state index contributed by atoms with van der Waals surface area (Å²) in [5, 5.41) is 9.12. The van der Waals surface area contributed by atoms with E-state index in [1.807, 2.05) is 4.90 Å². The van der Waals surface area contributed by atoms with Gasteiger partial charge in [0.1, 0.15) is 0 Å². The van der Waals surface area contributed by atoms with E-state index in [0.717, 1.165) is 32.4 Å². The average Bonchev–Trinajstić information content (AvgIpc) is 2.75. The van der Waals surface area contributed by atoms with E-state index in [1.54, 1.807) is 0 Å². The molecule has 0 aromatic carbocycles. The second-order valence-corrected chi connectivity index (χ2v) is 6.24. The fraction of sp³-hybridized carbons (Fsp3) is 0.929. The lowest BCUT2D eigenvalue weighted by Crippen LogP contribution is -2.38. The van der Waals surface area contributed by atoms with Gasteiger partial charge in [-0.2, -0.15) is 0 Å². The van der Waals surface area contributed by atoms with Crippen LogP contribution in [0.25, 0.3) is 0 Å². The number of hydrogen-bond donors (Lipinski definition) is 1. The Balaban J connectivity index is 1.91. The van der Waals surface area contributed by atoms with Crippen molar-refractivity contribution in [2.24, 2.45) is 23.7 Å². The van der Waals surface area contributed by atoms with Crippen molar-refractivity contribution >= 4 is 5.91 Å². The molecule has 1 aliphatic carbocycles. The van der Waals surface area contributed by atoms with Crippen molar-refractivity contribution in [3.63, 3.8) is 0 Å². The minimum absolute atomic E-state index is 0.223. The maximum Gasteiger partial charge on any atom is 0.225 e. The Morgan fingerprint density at radius 2 is 1.88 bits per heavy atom. The Morgan fingerprint density at radius 3 is 2.41 bits per heavy atom. The van der Waals surface area contributed by atoms with Crippen LogP contribution in [0.3, 0.4) is 0 Å². The first-order chi connectivity index (χ1) is 8.10. The highest BCUT2D eigenvalue weighted by molar-refractivity contribution is 5.79. The van der Waals surface area contributed by atoms with Crippen molar-refractivity contribution in [2.75, 3.05) is 19.7 Å². The van der Waals surface area contributed by atoms with Gasteiger partial charge in [0.15, 0.2) is 0 Å². The van der Waals surface area contributed by atoms with Gasteiger partial charge >= 0.3 is 0 Å². The third-order valence-corrected chi connectivity index (χ3v) is 4.38. The molecule has 1 amide bonds. The first-order valence-electron chi connectivity index (χ1n) is 6.99. The molecule has 2 fully saturated rings. The summed E-state index contributed by atoms with van der Waals surface area (Å²) in [6.07, 6.45) is 4.36. The molecule has 0 radical (unpaired) electrons. The zero-order chi connectivity index (χ0) is 12.4. The van der Waals surface area contributed by atoms with Crippen LogP contribution < -0.4 is 0 Å². The molecule has 0 aromatic heterocycles. The van der Waals surface area contributed by atoms with Crippen LogP contribution >= 0.6 is 0 Å². The molecule has 1 saturated heterocycles. The van der Waals surface area contributed by atoms with Crippen LogP contribution in [0.4, 0.5) is 0 Å². The van der Waals surface area contributed by atoms with Crippen LogP contribution in [0.2, 0.25) is 0 Å². The topological polar surface area (TPSA) is 40.5 Å². The highest BCUT2D eigenvalue weighted by Crippen LogP contribution is 2.34. The number of aliphatic hydroxyl groups is 1. The summed E-state index contributed by atoms with van der Waals surface area (Å²) in [6.45, 7) is 6.37. The number of nitrogens with zero attached hydrogens (tertiary/aromatic N) is 1. The SMILES string of the molecule is CC1CC(C)CC(C(=O)N2CCC(CO)C2)C1. The minimum atomic E-state index is 0.223. The maximum atomic E-state index is 12.4. The smallest absolute Gasteiger partial charge is 0.225 e. The van der Waals surface area contributed by atoms with Crippen molar-refractivity contribution in [1.82, 2.24) is 4.90 Å². The predicted octanol–water partition coefficient (Wildman–Crippen LogP) is 1.90. The zero-order valence-corrected chi connectivity index (χ0v) is 11.1. The summed E-state index contributed by atoms with van der Waals surface area (Å²) in [6, 6.07) is 0. The predicted molar refractivity (Wildman–Crippen MR) is 67.4 cm³/mol. The Hall–Kier alpha value is -0.570. The normalized spacial score (nSPS) is 38.4. The van der Waals surface area contributed by atoms with Gasteiger partial charge in [-0.05, 0) is 37.5 Å². The van der Waals surface area contributed by atoms with E-state index in [9.17, 15) is 4.79 Å². The summed E-state index contributed by atoms with van der Waals surface area (Å²) in [4.78, 5) is 14.4. The van der Waals surface area contributed by atoms with E-state index in [0.29, 0.717) is 23.7 Å². The standard InChI is InChI=1S/C14H25NO2/c1-10-5-11(2)7-13(6-10)14(17)15-4-3-12(8-15)9-16/h10-13,16H,3-9H2,1-2H3. The molecular formula is C14H25NO2. The van der Waals surface area contributed by atoms with Gasteiger partial charge in [-0.1, -0.05) is 13.8 Å². The molecule has 17 heavy (non-hydrogen) atoms. The minimum Gasteiger partial charge on any atom is -0.396 e. The van der Waals surface area contributed by atoms with E-state index in [2.05, 4.69) is 13.8 Å². The molecule has 0 spiro atoms. The van der Waals surface area contributed by atoms with Gasteiger partial charge in [0.25, 0.3) is 0 Å². The number of rotatable bonds is 2. The van der Waals surface area contributed by atoms with Crippen LogP contribution in [-0.2, 0) is 4.79 Å². The van der Waals surface area contributed by atoms with Gasteiger partial charge in [0.2, 0.25) is 5.91 Å². The van der Waals surface area contributed by atoms with Crippen molar-refractivity contribution in [3.05, 3.63) is 0 Å². The Bertz CT molecular complexity index is 269. The lowest BCUT2D eigenvalue weighted by molar-refractivity contribution is -0.136. The molecular weight excluding hydrogens is 214 g/mol. The van der Waals surface area contributed by atoms with E-state index in [-0.39, 0.29) is 12.5 Å². The van der Waals surface area contributed by atoms with Crippen LogP contribution in [-0.4, -0.2) is 35.6 Å². The molecule has 98 valence electrons. The summed E-state index contributed by atoms with van der Waals surface area (Å²) >= 11 is 0.